The van der Waals surface area contributed by atoms with Crippen LogP contribution in [0.5, 0.6) is 0 Å². The van der Waals surface area contributed by atoms with Crippen molar-refractivity contribution in [3.05, 3.63) is 54.9 Å². The average Bonchev–Trinajstić information content (AvgIpc) is 3.13. The Morgan fingerprint density at radius 1 is 1.08 bits per heavy atom. The maximum Gasteiger partial charge on any atom is 0.242 e. The molecule has 0 saturated heterocycles. The number of nitrogens with zero attached hydrogens (tertiary/aromatic N) is 4. The quantitative estimate of drug-likeness (QED) is 0.608. The third-order valence-corrected chi connectivity index (χ3v) is 6.18. The number of hydrogen-bond acceptors (Lipinski definition) is 5. The molecule has 0 aliphatic carbocycles. The zero-order valence-corrected chi connectivity index (χ0v) is 16.1. The summed E-state index contributed by atoms with van der Waals surface area (Å²) >= 11 is 3.12. The van der Waals surface area contributed by atoms with Crippen LogP contribution in [0.15, 0.2) is 69.8 Å². The Morgan fingerprint density at radius 3 is 2.31 bits per heavy atom. The maximum atomic E-state index is 13.1. The van der Waals surface area contributed by atoms with Crippen LogP contribution in [0, 0.1) is 0 Å². The summed E-state index contributed by atoms with van der Waals surface area (Å²) in [6.07, 6.45) is 1.71. The highest BCUT2D eigenvalue weighted by Gasteiger charge is 2.28. The van der Waals surface area contributed by atoms with E-state index in [9.17, 15) is 4.79 Å². The van der Waals surface area contributed by atoms with Crippen molar-refractivity contribution in [3.8, 4) is 0 Å². The van der Waals surface area contributed by atoms with Crippen molar-refractivity contribution in [2.24, 2.45) is 0 Å². The van der Waals surface area contributed by atoms with Gasteiger partial charge in [-0.25, -0.2) is 0 Å². The Balaban J connectivity index is 1.62. The van der Waals surface area contributed by atoms with Crippen LogP contribution in [0.3, 0.4) is 0 Å². The van der Waals surface area contributed by atoms with Crippen molar-refractivity contribution in [2.75, 3.05) is 10.7 Å². The molecule has 26 heavy (non-hydrogen) atoms. The fourth-order valence-corrected chi connectivity index (χ4v) is 4.81. The molecule has 0 bridgehead atoms. The summed E-state index contributed by atoms with van der Waals surface area (Å²) in [4.78, 5) is 17.1. The molecule has 3 aromatic rings. The molecular weight excluding hydrogens is 364 g/mol. The van der Waals surface area contributed by atoms with Crippen LogP contribution in [0.25, 0.3) is 0 Å². The molecule has 0 N–H and O–H groups in total. The summed E-state index contributed by atoms with van der Waals surface area (Å²) in [6, 6.07) is 16.3. The summed E-state index contributed by atoms with van der Waals surface area (Å²) in [7, 11) is 0. The largest absolute Gasteiger partial charge is 0.306 e. The molecule has 0 saturated carbocycles. The smallest absolute Gasteiger partial charge is 0.242 e. The number of carbonyl (C=O) groups excluding carboxylic acids is 1. The molecule has 1 aromatic heterocycles. The standard InChI is InChI=1S/C19H18N4OS2/c1-13(2)22-12-20-21-19(22)25-11-18(24)23-14-7-3-5-9-16(14)26-17-10-6-4-8-15(17)23/h3-10,12-13H,11H2,1-2H3. The average molecular weight is 383 g/mol. The summed E-state index contributed by atoms with van der Waals surface area (Å²) in [5.74, 6) is 0.340. The van der Waals surface area contributed by atoms with Gasteiger partial charge in [-0.1, -0.05) is 47.8 Å². The lowest BCUT2D eigenvalue weighted by Crippen LogP contribution is -2.30. The predicted molar refractivity (Wildman–Crippen MR) is 105 cm³/mol. The zero-order chi connectivity index (χ0) is 18.1. The van der Waals surface area contributed by atoms with Gasteiger partial charge in [-0.05, 0) is 38.1 Å². The lowest BCUT2D eigenvalue weighted by Gasteiger charge is -2.30. The van der Waals surface area contributed by atoms with Crippen LogP contribution in [-0.2, 0) is 4.79 Å². The van der Waals surface area contributed by atoms with Crippen LogP contribution >= 0.6 is 23.5 Å². The number of benzene rings is 2. The molecule has 0 radical (unpaired) electrons. The van der Waals surface area contributed by atoms with Gasteiger partial charge in [0.25, 0.3) is 0 Å². The van der Waals surface area contributed by atoms with Crippen molar-refractivity contribution >= 4 is 40.8 Å². The second-order valence-electron chi connectivity index (χ2n) is 6.17. The molecule has 0 fully saturated rings. The van der Waals surface area contributed by atoms with Gasteiger partial charge < -0.3 is 4.57 Å². The monoisotopic (exact) mass is 382 g/mol. The molecule has 7 heteroatoms. The van der Waals surface area contributed by atoms with Crippen LogP contribution in [0.4, 0.5) is 11.4 Å². The summed E-state index contributed by atoms with van der Waals surface area (Å²) in [6.45, 7) is 4.15. The van der Waals surface area contributed by atoms with Crippen LogP contribution in [-0.4, -0.2) is 26.4 Å². The highest BCUT2D eigenvalue weighted by Crippen LogP contribution is 2.48. The van der Waals surface area contributed by atoms with Gasteiger partial charge in [0.1, 0.15) is 6.33 Å². The molecule has 1 aliphatic rings. The molecule has 0 atom stereocenters. The minimum atomic E-state index is 0.0357. The Kier molecular flexibility index (Phi) is 4.74. The highest BCUT2D eigenvalue weighted by molar-refractivity contribution is 8.00. The number of aromatic nitrogens is 3. The minimum absolute atomic E-state index is 0.0357. The third-order valence-electron chi connectivity index (χ3n) is 4.10. The molecule has 1 aliphatic heterocycles. The van der Waals surface area contributed by atoms with Crippen molar-refractivity contribution in [2.45, 2.75) is 34.8 Å². The topological polar surface area (TPSA) is 51.0 Å². The van der Waals surface area contributed by atoms with Crippen molar-refractivity contribution in [1.29, 1.82) is 0 Å². The fraction of sp³-hybridized carbons (Fsp3) is 0.211. The first-order valence-corrected chi connectivity index (χ1v) is 10.2. The fourth-order valence-electron chi connectivity index (χ4n) is 2.85. The van der Waals surface area contributed by atoms with E-state index in [0.717, 1.165) is 26.3 Å². The van der Waals surface area contributed by atoms with E-state index in [1.54, 1.807) is 18.1 Å². The number of amides is 1. The van der Waals surface area contributed by atoms with Crippen molar-refractivity contribution in [3.63, 3.8) is 0 Å². The first kappa shape index (κ1) is 17.2. The predicted octanol–water partition coefficient (Wildman–Crippen LogP) is 4.78. The van der Waals surface area contributed by atoms with Crippen LogP contribution in [0.2, 0.25) is 0 Å². The lowest BCUT2D eigenvalue weighted by molar-refractivity contribution is -0.115. The number of rotatable bonds is 4. The minimum Gasteiger partial charge on any atom is -0.306 e. The summed E-state index contributed by atoms with van der Waals surface area (Å²) < 4.78 is 1.98. The highest BCUT2D eigenvalue weighted by atomic mass is 32.2. The number of carbonyl (C=O) groups is 1. The second kappa shape index (κ2) is 7.17. The first-order valence-electron chi connectivity index (χ1n) is 8.36. The van der Waals surface area contributed by atoms with E-state index < -0.39 is 0 Å². The SMILES string of the molecule is CC(C)n1cnnc1SCC(=O)N1c2ccccc2Sc2ccccc21. The third kappa shape index (κ3) is 3.12. The van der Waals surface area contributed by atoms with E-state index in [-0.39, 0.29) is 11.9 Å². The number of para-hydroxylation sites is 2. The van der Waals surface area contributed by atoms with Crippen molar-refractivity contribution in [1.82, 2.24) is 14.8 Å². The van der Waals surface area contributed by atoms with E-state index in [4.69, 9.17) is 0 Å². The Hall–Kier alpha value is -2.25. The molecule has 5 nitrogen and oxygen atoms in total. The second-order valence-corrected chi connectivity index (χ2v) is 8.20. The Bertz CT molecular complexity index is 908. The van der Waals surface area contributed by atoms with Crippen LogP contribution < -0.4 is 4.90 Å². The van der Waals surface area contributed by atoms with Crippen LogP contribution in [0.1, 0.15) is 19.9 Å². The van der Waals surface area contributed by atoms with Gasteiger partial charge in [0.15, 0.2) is 5.16 Å². The summed E-state index contributed by atoms with van der Waals surface area (Å²) in [5.41, 5.74) is 1.87. The van der Waals surface area contributed by atoms with E-state index in [0.29, 0.717) is 5.75 Å². The molecular formula is C19H18N4OS2. The molecule has 2 heterocycles. The maximum absolute atomic E-state index is 13.1. The van der Waals surface area contributed by atoms with Gasteiger partial charge in [0, 0.05) is 15.8 Å². The molecule has 0 spiro atoms. The van der Waals surface area contributed by atoms with E-state index in [1.807, 2.05) is 45.9 Å². The number of fused-ring (bicyclic) bond motifs is 2. The van der Waals surface area contributed by atoms with Gasteiger partial charge in [0.05, 0.1) is 17.1 Å². The van der Waals surface area contributed by atoms with Gasteiger partial charge in [-0.2, -0.15) is 0 Å². The normalized spacial score (nSPS) is 12.8. The van der Waals surface area contributed by atoms with Crippen molar-refractivity contribution < 1.29 is 4.79 Å². The van der Waals surface area contributed by atoms with Gasteiger partial charge in [-0.15, -0.1) is 10.2 Å². The summed E-state index contributed by atoms with van der Waals surface area (Å²) in [5, 5.41) is 8.88. The molecule has 132 valence electrons. The van der Waals surface area contributed by atoms with E-state index in [1.165, 1.54) is 11.8 Å². The Labute approximate surface area is 160 Å². The van der Waals surface area contributed by atoms with Gasteiger partial charge >= 0.3 is 0 Å². The molecule has 0 unspecified atom stereocenters. The number of anilines is 2. The number of thioether (sulfide) groups is 1. The zero-order valence-electron chi connectivity index (χ0n) is 14.5. The molecule has 4 rings (SSSR count). The Morgan fingerprint density at radius 2 is 1.69 bits per heavy atom. The molecule has 2 aromatic carbocycles. The first-order chi connectivity index (χ1) is 12.6. The van der Waals surface area contributed by atoms with Gasteiger partial charge in [0.2, 0.25) is 5.91 Å². The number of hydrogen-bond donors (Lipinski definition) is 0. The van der Waals surface area contributed by atoms with E-state index in [2.05, 4.69) is 36.2 Å². The molecule has 1 amide bonds. The van der Waals surface area contributed by atoms with Gasteiger partial charge in [-0.3, -0.25) is 9.69 Å². The lowest BCUT2D eigenvalue weighted by atomic mass is 10.2. The van der Waals surface area contributed by atoms with E-state index >= 15 is 0 Å².